The monoisotopic (exact) mass is 259 g/mol. The van der Waals surface area contributed by atoms with E-state index in [0.29, 0.717) is 19.3 Å². The molecule has 1 amide bonds. The second-order valence-corrected chi connectivity index (χ2v) is 4.90. The van der Waals surface area contributed by atoms with Crippen LogP contribution in [0.1, 0.15) is 33.1 Å². The first-order valence-electron chi connectivity index (χ1n) is 6.25. The number of carboxylic acid groups (broad SMARTS) is 1. The molecule has 0 aromatic heterocycles. The molecule has 6 nitrogen and oxygen atoms in total. The number of aliphatic carboxylic acids is 1. The first-order chi connectivity index (χ1) is 8.45. The fraction of sp³-hybridized carbons (Fsp3) is 0.833. The van der Waals surface area contributed by atoms with Gasteiger partial charge in [-0.3, -0.25) is 4.79 Å². The Morgan fingerprint density at radius 3 is 2.39 bits per heavy atom. The summed E-state index contributed by atoms with van der Waals surface area (Å²) in [5, 5.41) is 20.5. The highest BCUT2D eigenvalue weighted by atomic mass is 16.5. The van der Waals surface area contributed by atoms with Crippen LogP contribution in [-0.2, 0) is 14.3 Å². The topological polar surface area (TPSA) is 95.9 Å². The summed E-state index contributed by atoms with van der Waals surface area (Å²) in [5.41, 5.74) is 0. The molecule has 1 saturated heterocycles. The Morgan fingerprint density at radius 2 is 1.94 bits per heavy atom. The van der Waals surface area contributed by atoms with Crippen LogP contribution in [0.2, 0.25) is 0 Å². The third-order valence-corrected chi connectivity index (χ3v) is 3.16. The minimum absolute atomic E-state index is 0.00635. The molecule has 18 heavy (non-hydrogen) atoms. The minimum Gasteiger partial charge on any atom is -0.479 e. The fourth-order valence-electron chi connectivity index (χ4n) is 2.00. The van der Waals surface area contributed by atoms with E-state index in [-0.39, 0.29) is 24.5 Å². The van der Waals surface area contributed by atoms with E-state index in [1.165, 1.54) is 0 Å². The quantitative estimate of drug-likeness (QED) is 0.630. The van der Waals surface area contributed by atoms with Crippen LogP contribution in [0.4, 0.5) is 0 Å². The van der Waals surface area contributed by atoms with E-state index >= 15 is 0 Å². The second kappa shape index (κ2) is 6.70. The summed E-state index contributed by atoms with van der Waals surface area (Å²) in [6.07, 6.45) is -0.299. The van der Waals surface area contributed by atoms with Crippen molar-refractivity contribution in [1.82, 2.24) is 5.32 Å². The Hall–Kier alpha value is -1.14. The van der Waals surface area contributed by atoms with Gasteiger partial charge in [-0.2, -0.15) is 0 Å². The molecule has 0 aliphatic carbocycles. The highest BCUT2D eigenvalue weighted by Gasteiger charge is 2.35. The van der Waals surface area contributed by atoms with Crippen molar-refractivity contribution in [2.75, 3.05) is 6.61 Å². The van der Waals surface area contributed by atoms with Gasteiger partial charge in [0.15, 0.2) is 6.10 Å². The zero-order valence-corrected chi connectivity index (χ0v) is 10.8. The number of nitrogens with one attached hydrogen (secondary N) is 1. The van der Waals surface area contributed by atoms with E-state index in [1.807, 2.05) is 13.8 Å². The van der Waals surface area contributed by atoms with E-state index in [1.54, 1.807) is 0 Å². The normalized spacial score (nSPS) is 25.1. The molecular formula is C12H21NO5. The molecule has 0 aromatic rings. The summed E-state index contributed by atoms with van der Waals surface area (Å²) in [6.45, 7) is 3.92. The Balaban J connectivity index is 2.47. The Bertz CT molecular complexity index is 305. The van der Waals surface area contributed by atoms with Gasteiger partial charge >= 0.3 is 5.97 Å². The van der Waals surface area contributed by atoms with Crippen LogP contribution in [0.25, 0.3) is 0 Å². The molecule has 6 heteroatoms. The minimum atomic E-state index is -1.03. The maximum atomic E-state index is 11.9. The standard InChI is InChI=1S/C12H21NO5/c1-7(2)8(5-6-14)13-11(15)9-3-4-10(18-9)12(16)17/h7-10,14H,3-6H2,1-2H3,(H,13,15)(H,16,17)/t8?,9-,10+/m0/s1. The second-order valence-electron chi connectivity index (χ2n) is 4.90. The average Bonchev–Trinajstić information content (AvgIpc) is 2.77. The molecular weight excluding hydrogens is 238 g/mol. The highest BCUT2D eigenvalue weighted by molar-refractivity contribution is 5.82. The molecule has 1 aliphatic heterocycles. The molecule has 3 N–H and O–H groups in total. The summed E-state index contributed by atoms with van der Waals surface area (Å²) in [5.74, 6) is -1.11. The Labute approximate surface area is 106 Å². The molecule has 1 rings (SSSR count). The van der Waals surface area contributed by atoms with Crippen molar-refractivity contribution < 1.29 is 24.5 Å². The Kier molecular flexibility index (Phi) is 5.55. The van der Waals surface area contributed by atoms with Crippen molar-refractivity contribution in [2.24, 2.45) is 5.92 Å². The molecule has 0 radical (unpaired) electrons. The zero-order valence-electron chi connectivity index (χ0n) is 10.8. The Morgan fingerprint density at radius 1 is 1.33 bits per heavy atom. The molecule has 3 atom stereocenters. The van der Waals surface area contributed by atoms with E-state index in [9.17, 15) is 9.59 Å². The van der Waals surface area contributed by atoms with Crippen LogP contribution in [0, 0.1) is 5.92 Å². The van der Waals surface area contributed by atoms with Crippen molar-refractivity contribution in [2.45, 2.75) is 51.4 Å². The maximum absolute atomic E-state index is 11.9. The van der Waals surface area contributed by atoms with Gasteiger partial charge in [0.25, 0.3) is 0 Å². The summed E-state index contributed by atoms with van der Waals surface area (Å²) < 4.78 is 5.17. The third kappa shape index (κ3) is 3.96. The number of rotatable bonds is 6. The lowest BCUT2D eigenvalue weighted by Gasteiger charge is -2.23. The third-order valence-electron chi connectivity index (χ3n) is 3.16. The molecule has 1 fully saturated rings. The van der Waals surface area contributed by atoms with Gasteiger partial charge in [0.1, 0.15) is 6.10 Å². The molecule has 0 spiro atoms. The van der Waals surface area contributed by atoms with Crippen LogP contribution in [0.15, 0.2) is 0 Å². The summed E-state index contributed by atoms with van der Waals surface area (Å²) in [4.78, 5) is 22.6. The summed E-state index contributed by atoms with van der Waals surface area (Å²) >= 11 is 0. The van der Waals surface area contributed by atoms with Gasteiger partial charge in [-0.15, -0.1) is 0 Å². The van der Waals surface area contributed by atoms with E-state index in [2.05, 4.69) is 5.32 Å². The molecule has 104 valence electrons. The number of hydrogen-bond donors (Lipinski definition) is 3. The number of aliphatic hydroxyl groups excluding tert-OH is 1. The van der Waals surface area contributed by atoms with Crippen LogP contribution >= 0.6 is 0 Å². The van der Waals surface area contributed by atoms with Crippen molar-refractivity contribution in [3.8, 4) is 0 Å². The van der Waals surface area contributed by atoms with Gasteiger partial charge in [-0.05, 0) is 25.2 Å². The molecule has 1 unspecified atom stereocenters. The first-order valence-corrected chi connectivity index (χ1v) is 6.25. The van der Waals surface area contributed by atoms with Gasteiger partial charge < -0.3 is 20.3 Å². The van der Waals surface area contributed by atoms with Crippen LogP contribution in [0.5, 0.6) is 0 Å². The van der Waals surface area contributed by atoms with Gasteiger partial charge in [-0.25, -0.2) is 4.79 Å². The fourth-order valence-corrected chi connectivity index (χ4v) is 2.00. The van der Waals surface area contributed by atoms with Crippen molar-refractivity contribution in [3.63, 3.8) is 0 Å². The van der Waals surface area contributed by atoms with Crippen LogP contribution in [-0.4, -0.2) is 46.9 Å². The van der Waals surface area contributed by atoms with Crippen molar-refractivity contribution >= 4 is 11.9 Å². The van der Waals surface area contributed by atoms with Crippen molar-refractivity contribution in [3.05, 3.63) is 0 Å². The van der Waals surface area contributed by atoms with E-state index in [0.717, 1.165) is 0 Å². The maximum Gasteiger partial charge on any atom is 0.332 e. The largest absolute Gasteiger partial charge is 0.479 e. The predicted octanol–water partition coefficient (Wildman–Crippen LogP) is 0.142. The number of ether oxygens (including phenoxy) is 1. The van der Waals surface area contributed by atoms with Crippen LogP contribution < -0.4 is 5.32 Å². The van der Waals surface area contributed by atoms with Gasteiger partial charge in [0.05, 0.1) is 0 Å². The van der Waals surface area contributed by atoms with E-state index < -0.39 is 18.2 Å². The number of amides is 1. The number of aliphatic hydroxyl groups is 1. The SMILES string of the molecule is CC(C)C(CCO)NC(=O)[C@@H]1CC[C@H](C(=O)O)O1. The molecule has 0 bridgehead atoms. The van der Waals surface area contributed by atoms with E-state index in [4.69, 9.17) is 14.9 Å². The average molecular weight is 259 g/mol. The smallest absolute Gasteiger partial charge is 0.332 e. The molecule has 1 heterocycles. The van der Waals surface area contributed by atoms with Gasteiger partial charge in [-0.1, -0.05) is 13.8 Å². The first kappa shape index (κ1) is 14.9. The molecule has 1 aliphatic rings. The van der Waals surface area contributed by atoms with Crippen LogP contribution in [0.3, 0.4) is 0 Å². The van der Waals surface area contributed by atoms with Crippen molar-refractivity contribution in [1.29, 1.82) is 0 Å². The van der Waals surface area contributed by atoms with Gasteiger partial charge in [0, 0.05) is 12.6 Å². The lowest BCUT2D eigenvalue weighted by molar-refractivity contribution is -0.152. The highest BCUT2D eigenvalue weighted by Crippen LogP contribution is 2.20. The summed E-state index contributed by atoms with van der Waals surface area (Å²) in [7, 11) is 0. The lowest BCUT2D eigenvalue weighted by atomic mass is 10.0. The van der Waals surface area contributed by atoms with Gasteiger partial charge in [0.2, 0.25) is 5.91 Å². The lowest BCUT2D eigenvalue weighted by Crippen LogP contribution is -2.44. The number of carboxylic acids is 1. The summed E-state index contributed by atoms with van der Waals surface area (Å²) in [6, 6.07) is -0.116. The zero-order chi connectivity index (χ0) is 13.7. The molecule has 0 aromatic carbocycles. The number of carbonyl (C=O) groups is 2. The number of hydrogen-bond acceptors (Lipinski definition) is 4. The molecule has 0 saturated carbocycles. The number of carbonyl (C=O) groups excluding carboxylic acids is 1. The predicted molar refractivity (Wildman–Crippen MR) is 64.0 cm³/mol.